The zero-order chi connectivity index (χ0) is 27.9. The van der Waals surface area contributed by atoms with Crippen molar-refractivity contribution in [1.82, 2.24) is 0 Å². The molecule has 0 aromatic heterocycles. The second-order valence-corrected chi connectivity index (χ2v) is 8.14. The lowest BCUT2D eigenvalue weighted by atomic mass is 10.3. The first-order valence-electron chi connectivity index (χ1n) is 12.7. The molecule has 14 heteroatoms. The fraction of sp³-hybridized carbons (Fsp3) is 1.00. The van der Waals surface area contributed by atoms with E-state index in [2.05, 4.69) is 0 Å². The van der Waals surface area contributed by atoms with Gasteiger partial charge in [-0.1, -0.05) is 6.92 Å². The second-order valence-electron chi connectivity index (χ2n) is 8.14. The standard InChI is InChI=1S/C23H48O14/c1-3-21(33-15-9-22(35-12-6-18(26)27)32-11-4-5-17(24)25)34-16-10-23(36-13-7-19(28)29)37-14-8-20(30)31-2/h17-30H,3-16H2,1-2H3. The van der Waals surface area contributed by atoms with Gasteiger partial charge in [0.05, 0.1) is 33.0 Å². The average Bonchev–Trinajstić information content (AvgIpc) is 2.84. The van der Waals surface area contributed by atoms with Gasteiger partial charge in [-0.15, -0.1) is 0 Å². The van der Waals surface area contributed by atoms with Crippen LogP contribution in [0.2, 0.25) is 0 Å². The molecule has 0 aromatic carbocycles. The zero-order valence-corrected chi connectivity index (χ0v) is 21.9. The summed E-state index contributed by atoms with van der Waals surface area (Å²) in [6.07, 6.45) is -5.17. The van der Waals surface area contributed by atoms with Crippen LogP contribution in [0.15, 0.2) is 0 Å². The fourth-order valence-electron chi connectivity index (χ4n) is 2.81. The first kappa shape index (κ1) is 36.4. The number of aliphatic hydroxyl groups excluding tert-OH is 4. The largest absolute Gasteiger partial charge is 0.368 e. The second kappa shape index (κ2) is 24.5. The van der Waals surface area contributed by atoms with Crippen LogP contribution in [0.5, 0.6) is 0 Å². The molecule has 4 unspecified atom stereocenters. The van der Waals surface area contributed by atoms with Gasteiger partial charge in [0.1, 0.15) is 0 Å². The minimum absolute atomic E-state index is 0.0176. The Morgan fingerprint density at radius 1 is 0.459 bits per heavy atom. The lowest BCUT2D eigenvalue weighted by molar-refractivity contribution is -0.200. The van der Waals surface area contributed by atoms with Gasteiger partial charge < -0.3 is 68.9 Å². The van der Waals surface area contributed by atoms with Gasteiger partial charge in [0, 0.05) is 52.2 Å². The maximum atomic E-state index is 9.47. The molecular formula is C23H48O14. The summed E-state index contributed by atoms with van der Waals surface area (Å²) in [5.41, 5.74) is 0. The third-order valence-corrected chi connectivity index (χ3v) is 4.86. The van der Waals surface area contributed by atoms with E-state index in [4.69, 9.17) is 63.8 Å². The van der Waals surface area contributed by atoms with Crippen LogP contribution in [0.4, 0.5) is 0 Å². The van der Waals surface area contributed by atoms with Gasteiger partial charge in [-0.05, 0) is 12.8 Å². The van der Waals surface area contributed by atoms with Gasteiger partial charge >= 0.3 is 0 Å². The Hall–Kier alpha value is -0.560. The van der Waals surface area contributed by atoms with Crippen molar-refractivity contribution in [1.29, 1.82) is 0 Å². The van der Waals surface area contributed by atoms with Crippen LogP contribution >= 0.6 is 0 Å². The van der Waals surface area contributed by atoms with Gasteiger partial charge in [0.15, 0.2) is 44.0 Å². The van der Waals surface area contributed by atoms with E-state index in [-0.39, 0.29) is 65.3 Å². The van der Waals surface area contributed by atoms with E-state index in [1.807, 2.05) is 6.92 Å². The first-order valence-corrected chi connectivity index (χ1v) is 12.7. The van der Waals surface area contributed by atoms with Crippen LogP contribution in [0.25, 0.3) is 0 Å². The van der Waals surface area contributed by atoms with Crippen molar-refractivity contribution in [3.8, 4) is 0 Å². The molecule has 224 valence electrons. The number of hydrogen-bond acceptors (Lipinski definition) is 14. The molecule has 0 radical (unpaired) electrons. The van der Waals surface area contributed by atoms with Gasteiger partial charge in [-0.25, -0.2) is 0 Å². The van der Waals surface area contributed by atoms with Crippen molar-refractivity contribution in [2.24, 2.45) is 0 Å². The third kappa shape index (κ3) is 24.2. The fourth-order valence-corrected chi connectivity index (χ4v) is 2.81. The minimum Gasteiger partial charge on any atom is -0.368 e. The molecular weight excluding hydrogens is 500 g/mol. The van der Waals surface area contributed by atoms with Crippen molar-refractivity contribution in [3.63, 3.8) is 0 Å². The molecule has 0 aliphatic carbocycles. The summed E-state index contributed by atoms with van der Waals surface area (Å²) < 4.78 is 38.5. The van der Waals surface area contributed by atoms with Crippen molar-refractivity contribution in [2.45, 2.75) is 102 Å². The molecule has 0 saturated heterocycles. The first-order chi connectivity index (χ1) is 17.7. The smallest absolute Gasteiger partial charge is 0.159 e. The van der Waals surface area contributed by atoms with Crippen molar-refractivity contribution >= 4 is 0 Å². The molecule has 0 aliphatic heterocycles. The summed E-state index contributed by atoms with van der Waals surface area (Å²) in [6, 6.07) is 0. The highest BCUT2D eigenvalue weighted by Crippen LogP contribution is 2.11. The minimum atomic E-state index is -1.49. The van der Waals surface area contributed by atoms with Crippen LogP contribution in [0.3, 0.4) is 0 Å². The predicted molar refractivity (Wildman–Crippen MR) is 127 cm³/mol. The molecule has 0 aromatic rings. The van der Waals surface area contributed by atoms with E-state index in [9.17, 15) is 5.11 Å². The molecule has 37 heavy (non-hydrogen) atoms. The van der Waals surface area contributed by atoms with Crippen molar-refractivity contribution in [3.05, 3.63) is 0 Å². The number of aliphatic hydroxyl groups is 7. The normalized spacial score (nSPS) is 15.6. The monoisotopic (exact) mass is 548 g/mol. The zero-order valence-electron chi connectivity index (χ0n) is 21.9. The summed E-state index contributed by atoms with van der Waals surface area (Å²) in [7, 11) is 1.38. The molecule has 0 spiro atoms. The highest BCUT2D eigenvalue weighted by molar-refractivity contribution is 4.53. The van der Waals surface area contributed by atoms with Crippen molar-refractivity contribution < 1.29 is 68.9 Å². The Balaban J connectivity index is 4.47. The average molecular weight is 549 g/mol. The van der Waals surface area contributed by atoms with E-state index in [1.165, 1.54) is 7.11 Å². The summed E-state index contributed by atoms with van der Waals surface area (Å²) >= 11 is 0. The Bertz CT molecular complexity index is 482. The van der Waals surface area contributed by atoms with E-state index in [0.29, 0.717) is 25.7 Å². The molecule has 0 heterocycles. The summed E-state index contributed by atoms with van der Waals surface area (Å²) in [5.74, 6) is 0. The lowest BCUT2D eigenvalue weighted by Crippen LogP contribution is -2.27. The Morgan fingerprint density at radius 3 is 1.24 bits per heavy atom. The molecule has 0 amide bonds. The molecule has 4 atom stereocenters. The molecule has 7 N–H and O–H groups in total. The molecule has 0 fully saturated rings. The third-order valence-electron chi connectivity index (χ3n) is 4.86. The van der Waals surface area contributed by atoms with E-state index < -0.39 is 44.0 Å². The lowest BCUT2D eigenvalue weighted by Gasteiger charge is -2.23. The Labute approximate surface area is 218 Å². The highest BCUT2D eigenvalue weighted by Gasteiger charge is 2.16. The summed E-state index contributed by atoms with van der Waals surface area (Å²) in [5, 5.41) is 63.2. The van der Waals surface area contributed by atoms with Gasteiger partial charge in [-0.3, -0.25) is 0 Å². The van der Waals surface area contributed by atoms with Crippen LogP contribution in [-0.2, 0) is 33.2 Å². The van der Waals surface area contributed by atoms with Crippen LogP contribution in [0, 0.1) is 0 Å². The number of hydrogen-bond donors (Lipinski definition) is 7. The summed E-state index contributed by atoms with van der Waals surface area (Å²) in [6.45, 7) is 2.87. The van der Waals surface area contributed by atoms with Crippen LogP contribution in [0.1, 0.15) is 58.3 Å². The quantitative estimate of drug-likeness (QED) is 0.0491. The summed E-state index contributed by atoms with van der Waals surface area (Å²) in [4.78, 5) is 0. The number of ether oxygens (including phenoxy) is 7. The molecule has 0 saturated carbocycles. The van der Waals surface area contributed by atoms with Gasteiger partial charge in [-0.2, -0.15) is 0 Å². The van der Waals surface area contributed by atoms with E-state index >= 15 is 0 Å². The Morgan fingerprint density at radius 2 is 0.838 bits per heavy atom. The molecule has 0 rings (SSSR count). The predicted octanol–water partition coefficient (Wildman–Crippen LogP) is -0.898. The SMILES string of the molecule is CCC(OCCC(OCCCC(O)O)OCCC(O)O)OCCC(OCCC(O)O)OCCC(O)OC. The topological polar surface area (TPSA) is 206 Å². The van der Waals surface area contributed by atoms with Crippen molar-refractivity contribution in [2.75, 3.05) is 46.8 Å². The Kier molecular flexibility index (Phi) is 24.1. The maximum Gasteiger partial charge on any atom is 0.159 e. The molecule has 14 nitrogen and oxygen atoms in total. The highest BCUT2D eigenvalue weighted by atomic mass is 16.7. The molecule has 0 aliphatic rings. The van der Waals surface area contributed by atoms with Crippen LogP contribution < -0.4 is 0 Å². The van der Waals surface area contributed by atoms with Crippen LogP contribution in [-0.4, -0.2) is 127 Å². The van der Waals surface area contributed by atoms with E-state index in [1.54, 1.807) is 0 Å². The van der Waals surface area contributed by atoms with E-state index in [0.717, 1.165) is 0 Å². The number of rotatable bonds is 27. The van der Waals surface area contributed by atoms with Gasteiger partial charge in [0.25, 0.3) is 0 Å². The van der Waals surface area contributed by atoms with Gasteiger partial charge in [0.2, 0.25) is 0 Å². The maximum absolute atomic E-state index is 9.47. The molecule has 0 bridgehead atoms. The number of methoxy groups -OCH3 is 1.